The minimum absolute atomic E-state index is 0.0502. The number of aryl methyl sites for hydroxylation is 3. The number of hydrogen-bond acceptors (Lipinski definition) is 5. The molecule has 3 rings (SSSR count). The molecule has 0 radical (unpaired) electrons. The second-order valence-electron chi connectivity index (χ2n) is 6.17. The van der Waals surface area contributed by atoms with E-state index in [-0.39, 0.29) is 23.7 Å². The van der Waals surface area contributed by atoms with E-state index in [1.165, 1.54) is 24.0 Å². The average molecular weight is 369 g/mol. The van der Waals surface area contributed by atoms with Crippen molar-refractivity contribution in [3.8, 4) is 5.75 Å². The van der Waals surface area contributed by atoms with Crippen LogP contribution in [0, 0.1) is 13.8 Å². The highest BCUT2D eigenvalue weighted by molar-refractivity contribution is 6.05. The van der Waals surface area contributed by atoms with E-state index in [0.29, 0.717) is 5.76 Å². The number of benzene rings is 1. The van der Waals surface area contributed by atoms with Gasteiger partial charge in [-0.25, -0.2) is 4.79 Å². The van der Waals surface area contributed by atoms with E-state index in [4.69, 9.17) is 9.15 Å². The number of aromatic carboxylic acids is 1. The normalized spacial score (nSPS) is 10.6. The van der Waals surface area contributed by atoms with E-state index < -0.39 is 11.9 Å². The number of nitrogens with one attached hydrogen (secondary N) is 1. The van der Waals surface area contributed by atoms with Gasteiger partial charge in [0.25, 0.3) is 5.91 Å². The molecule has 1 amide bonds. The minimum atomic E-state index is -1.19. The number of carbonyl (C=O) groups is 2. The average Bonchev–Trinajstić information content (AvgIpc) is 3.19. The van der Waals surface area contributed by atoms with Crippen molar-refractivity contribution in [3.05, 3.63) is 64.9 Å². The van der Waals surface area contributed by atoms with Crippen molar-refractivity contribution < 1.29 is 23.8 Å². The fourth-order valence-electron chi connectivity index (χ4n) is 2.71. The van der Waals surface area contributed by atoms with E-state index in [9.17, 15) is 14.7 Å². The Morgan fingerprint density at radius 3 is 2.59 bits per heavy atom. The summed E-state index contributed by atoms with van der Waals surface area (Å²) >= 11 is 0. The van der Waals surface area contributed by atoms with E-state index in [1.54, 1.807) is 6.07 Å². The van der Waals surface area contributed by atoms with Gasteiger partial charge in [-0.05, 0) is 49.2 Å². The first-order chi connectivity index (χ1) is 12.8. The molecule has 3 aromatic rings. The number of ether oxygens (including phenoxy) is 1. The summed E-state index contributed by atoms with van der Waals surface area (Å²) in [6, 6.07) is 9.02. The molecule has 2 aromatic heterocycles. The maximum atomic E-state index is 12.3. The minimum Gasteiger partial charge on any atom is -0.486 e. The Morgan fingerprint density at radius 2 is 1.93 bits per heavy atom. The van der Waals surface area contributed by atoms with Crippen LogP contribution in [0.25, 0.3) is 0 Å². The summed E-state index contributed by atoms with van der Waals surface area (Å²) in [5, 5.41) is 15.5. The van der Waals surface area contributed by atoms with Gasteiger partial charge in [0.1, 0.15) is 18.1 Å². The first-order valence-corrected chi connectivity index (χ1v) is 8.20. The maximum absolute atomic E-state index is 12.3. The first-order valence-electron chi connectivity index (χ1n) is 8.20. The zero-order chi connectivity index (χ0) is 19.6. The van der Waals surface area contributed by atoms with Crippen molar-refractivity contribution in [1.82, 2.24) is 9.78 Å². The third kappa shape index (κ3) is 4.17. The van der Waals surface area contributed by atoms with Crippen molar-refractivity contribution in [2.75, 3.05) is 5.32 Å². The molecule has 0 aliphatic heterocycles. The smallest absolute Gasteiger partial charge is 0.356 e. The van der Waals surface area contributed by atoms with Crippen molar-refractivity contribution >= 4 is 17.6 Å². The van der Waals surface area contributed by atoms with Gasteiger partial charge >= 0.3 is 5.97 Å². The zero-order valence-electron chi connectivity index (χ0n) is 15.1. The number of amides is 1. The SMILES string of the molecule is Cc1cc(C)cc(OCc2ccc(C(=O)Nc3cnn(C)c3C(=O)O)o2)c1. The second-order valence-corrected chi connectivity index (χ2v) is 6.17. The number of anilines is 1. The van der Waals surface area contributed by atoms with Crippen molar-refractivity contribution in [2.45, 2.75) is 20.5 Å². The number of furan rings is 1. The first kappa shape index (κ1) is 18.2. The summed E-state index contributed by atoms with van der Waals surface area (Å²) in [6.45, 7) is 4.14. The Balaban J connectivity index is 1.66. The van der Waals surface area contributed by atoms with Crippen LogP contribution in [0.4, 0.5) is 5.69 Å². The molecule has 8 nitrogen and oxygen atoms in total. The van der Waals surface area contributed by atoms with Crippen LogP contribution in [0.1, 0.15) is 37.9 Å². The van der Waals surface area contributed by atoms with E-state index in [1.807, 2.05) is 32.0 Å². The number of carboxylic acids is 1. The Hall–Kier alpha value is -3.55. The van der Waals surface area contributed by atoms with Crippen LogP contribution in [0.3, 0.4) is 0 Å². The maximum Gasteiger partial charge on any atom is 0.356 e. The molecule has 2 heterocycles. The topological polar surface area (TPSA) is 107 Å². The standard InChI is InChI=1S/C19H19N3O5/c1-11-6-12(2)8-14(7-11)26-10-13-4-5-16(27-13)18(23)21-15-9-20-22(3)17(15)19(24)25/h4-9H,10H2,1-3H3,(H,21,23)(H,24,25). The lowest BCUT2D eigenvalue weighted by Gasteiger charge is -2.06. The number of hydrogen-bond donors (Lipinski definition) is 2. The molecular formula is C19H19N3O5. The Morgan fingerprint density at radius 1 is 1.22 bits per heavy atom. The molecule has 0 fully saturated rings. The van der Waals surface area contributed by atoms with E-state index in [2.05, 4.69) is 10.4 Å². The van der Waals surface area contributed by atoms with Gasteiger partial charge in [-0.3, -0.25) is 9.48 Å². The van der Waals surface area contributed by atoms with Gasteiger partial charge in [0.2, 0.25) is 0 Å². The summed E-state index contributed by atoms with van der Waals surface area (Å²) in [5.41, 5.74) is 2.16. The fourth-order valence-corrected chi connectivity index (χ4v) is 2.71. The summed E-state index contributed by atoms with van der Waals surface area (Å²) in [7, 11) is 1.48. The van der Waals surface area contributed by atoms with Crippen LogP contribution >= 0.6 is 0 Å². The predicted octanol–water partition coefficient (Wildman–Crippen LogP) is 3.16. The number of carboxylic acid groups (broad SMARTS) is 1. The number of nitrogens with zero attached hydrogens (tertiary/aromatic N) is 2. The summed E-state index contributed by atoms with van der Waals surface area (Å²) in [4.78, 5) is 23.5. The monoisotopic (exact) mass is 369 g/mol. The third-order valence-electron chi connectivity index (χ3n) is 3.85. The van der Waals surface area contributed by atoms with Crippen LogP contribution in [-0.4, -0.2) is 26.8 Å². The molecule has 0 bridgehead atoms. The van der Waals surface area contributed by atoms with Crippen LogP contribution in [0.15, 0.2) is 40.9 Å². The highest BCUT2D eigenvalue weighted by Gasteiger charge is 2.20. The summed E-state index contributed by atoms with van der Waals surface area (Å²) < 4.78 is 12.4. The lowest BCUT2D eigenvalue weighted by Crippen LogP contribution is -2.15. The Bertz CT molecular complexity index is 982. The molecule has 140 valence electrons. The molecule has 1 aromatic carbocycles. The van der Waals surface area contributed by atoms with Gasteiger partial charge in [0.05, 0.1) is 11.9 Å². The lowest BCUT2D eigenvalue weighted by molar-refractivity contribution is 0.0686. The van der Waals surface area contributed by atoms with Gasteiger partial charge < -0.3 is 19.6 Å². The molecule has 0 aliphatic rings. The van der Waals surface area contributed by atoms with Gasteiger partial charge in [-0.2, -0.15) is 5.10 Å². The third-order valence-corrected chi connectivity index (χ3v) is 3.85. The highest BCUT2D eigenvalue weighted by Crippen LogP contribution is 2.20. The van der Waals surface area contributed by atoms with Gasteiger partial charge in [-0.15, -0.1) is 0 Å². The number of aromatic nitrogens is 2. The predicted molar refractivity (Wildman–Crippen MR) is 97.1 cm³/mol. The van der Waals surface area contributed by atoms with Crippen molar-refractivity contribution in [1.29, 1.82) is 0 Å². The molecule has 2 N–H and O–H groups in total. The molecule has 0 aliphatic carbocycles. The van der Waals surface area contributed by atoms with Crippen LogP contribution in [0.5, 0.6) is 5.75 Å². The number of carbonyl (C=O) groups excluding carboxylic acids is 1. The van der Waals surface area contributed by atoms with Crippen LogP contribution in [-0.2, 0) is 13.7 Å². The lowest BCUT2D eigenvalue weighted by atomic mass is 10.1. The Kier molecular flexibility index (Phi) is 4.98. The fraction of sp³-hybridized carbons (Fsp3) is 0.211. The van der Waals surface area contributed by atoms with Gasteiger partial charge in [0, 0.05) is 7.05 Å². The van der Waals surface area contributed by atoms with Crippen LogP contribution < -0.4 is 10.1 Å². The van der Waals surface area contributed by atoms with E-state index in [0.717, 1.165) is 16.9 Å². The summed E-state index contributed by atoms with van der Waals surface area (Å²) in [6.07, 6.45) is 1.27. The molecule has 0 unspecified atom stereocenters. The molecule has 0 spiro atoms. The molecule has 0 saturated heterocycles. The largest absolute Gasteiger partial charge is 0.486 e. The van der Waals surface area contributed by atoms with Crippen molar-refractivity contribution in [2.24, 2.45) is 7.05 Å². The quantitative estimate of drug-likeness (QED) is 0.691. The van der Waals surface area contributed by atoms with Gasteiger partial charge in [-0.1, -0.05) is 6.07 Å². The Labute approximate surface area is 155 Å². The molecular weight excluding hydrogens is 350 g/mol. The number of rotatable bonds is 6. The van der Waals surface area contributed by atoms with Crippen LogP contribution in [0.2, 0.25) is 0 Å². The molecule has 0 saturated carbocycles. The second kappa shape index (κ2) is 7.36. The van der Waals surface area contributed by atoms with Gasteiger partial charge in [0.15, 0.2) is 11.5 Å². The summed E-state index contributed by atoms with van der Waals surface area (Å²) in [5.74, 6) is -0.509. The van der Waals surface area contributed by atoms with E-state index >= 15 is 0 Å². The molecule has 8 heteroatoms. The highest BCUT2D eigenvalue weighted by atomic mass is 16.5. The molecule has 27 heavy (non-hydrogen) atoms. The zero-order valence-corrected chi connectivity index (χ0v) is 15.1. The molecule has 0 atom stereocenters. The van der Waals surface area contributed by atoms with Crippen molar-refractivity contribution in [3.63, 3.8) is 0 Å².